The minimum absolute atomic E-state index is 0.487. The van der Waals surface area contributed by atoms with Crippen LogP contribution in [0.15, 0.2) is 28.7 Å². The van der Waals surface area contributed by atoms with Gasteiger partial charge in [-0.1, -0.05) is 27.9 Å². The van der Waals surface area contributed by atoms with Gasteiger partial charge in [0.2, 0.25) is 0 Å². The molecular formula is C14H14BrNO2. The van der Waals surface area contributed by atoms with Crippen molar-refractivity contribution < 1.29 is 9.90 Å². The van der Waals surface area contributed by atoms with E-state index in [0.717, 1.165) is 28.3 Å². The molecule has 0 aliphatic rings. The number of carboxylic acids is 1. The number of anilines is 1. The molecule has 0 unspecified atom stereocenters. The SMILES string of the molecule is C#CCN(CC)c1cc(Br)ccc1/C=C/C(=O)O. The van der Waals surface area contributed by atoms with Crippen molar-refractivity contribution in [2.75, 3.05) is 18.0 Å². The Labute approximate surface area is 115 Å². The van der Waals surface area contributed by atoms with Crippen molar-refractivity contribution in [1.82, 2.24) is 0 Å². The number of nitrogens with zero attached hydrogens (tertiary/aromatic N) is 1. The first-order valence-corrected chi connectivity index (χ1v) is 6.26. The number of halogens is 1. The highest BCUT2D eigenvalue weighted by Crippen LogP contribution is 2.26. The van der Waals surface area contributed by atoms with Crippen LogP contribution in [0.25, 0.3) is 6.08 Å². The Morgan fingerprint density at radius 1 is 1.61 bits per heavy atom. The minimum Gasteiger partial charge on any atom is -0.478 e. The number of aliphatic carboxylic acids is 1. The van der Waals surface area contributed by atoms with E-state index in [-0.39, 0.29) is 0 Å². The molecule has 0 saturated carbocycles. The van der Waals surface area contributed by atoms with E-state index in [1.54, 1.807) is 6.08 Å². The summed E-state index contributed by atoms with van der Waals surface area (Å²) in [5.41, 5.74) is 1.75. The molecule has 0 aliphatic carbocycles. The fourth-order valence-corrected chi connectivity index (χ4v) is 1.92. The minimum atomic E-state index is -0.969. The van der Waals surface area contributed by atoms with Crippen LogP contribution in [0.3, 0.4) is 0 Å². The van der Waals surface area contributed by atoms with Crippen molar-refractivity contribution in [1.29, 1.82) is 0 Å². The average Bonchev–Trinajstić information content (AvgIpc) is 2.34. The van der Waals surface area contributed by atoms with Crippen LogP contribution < -0.4 is 4.90 Å². The van der Waals surface area contributed by atoms with Crippen LogP contribution in [0, 0.1) is 12.3 Å². The predicted molar refractivity (Wildman–Crippen MR) is 77.5 cm³/mol. The molecule has 94 valence electrons. The summed E-state index contributed by atoms with van der Waals surface area (Å²) >= 11 is 3.41. The number of terminal acetylenes is 1. The second-order valence-electron chi connectivity index (χ2n) is 3.59. The summed E-state index contributed by atoms with van der Waals surface area (Å²) in [7, 11) is 0. The zero-order valence-corrected chi connectivity index (χ0v) is 11.6. The van der Waals surface area contributed by atoms with Gasteiger partial charge in [-0.3, -0.25) is 0 Å². The highest BCUT2D eigenvalue weighted by atomic mass is 79.9. The van der Waals surface area contributed by atoms with Gasteiger partial charge in [-0.25, -0.2) is 4.79 Å². The molecule has 3 nitrogen and oxygen atoms in total. The molecule has 4 heteroatoms. The molecule has 0 radical (unpaired) electrons. The molecule has 0 fully saturated rings. The average molecular weight is 308 g/mol. The largest absolute Gasteiger partial charge is 0.478 e. The lowest BCUT2D eigenvalue weighted by molar-refractivity contribution is -0.131. The maximum atomic E-state index is 10.6. The maximum Gasteiger partial charge on any atom is 0.328 e. The van der Waals surface area contributed by atoms with Crippen molar-refractivity contribution in [3.8, 4) is 12.3 Å². The zero-order valence-electron chi connectivity index (χ0n) is 10.1. The smallest absolute Gasteiger partial charge is 0.328 e. The first kappa shape index (κ1) is 14.3. The van der Waals surface area contributed by atoms with Crippen molar-refractivity contribution in [2.45, 2.75) is 6.92 Å². The lowest BCUT2D eigenvalue weighted by Crippen LogP contribution is -2.23. The van der Waals surface area contributed by atoms with Crippen LogP contribution in [0.2, 0.25) is 0 Å². The third kappa shape index (κ3) is 3.94. The highest BCUT2D eigenvalue weighted by Gasteiger charge is 2.08. The molecular weight excluding hydrogens is 294 g/mol. The monoisotopic (exact) mass is 307 g/mol. The molecule has 1 N–H and O–H groups in total. The van der Waals surface area contributed by atoms with Crippen molar-refractivity contribution >= 4 is 33.7 Å². The van der Waals surface area contributed by atoms with Crippen LogP contribution in [0.1, 0.15) is 12.5 Å². The van der Waals surface area contributed by atoms with Gasteiger partial charge in [-0.15, -0.1) is 6.42 Å². The first-order valence-electron chi connectivity index (χ1n) is 5.47. The van der Waals surface area contributed by atoms with Gasteiger partial charge in [-0.05, 0) is 30.7 Å². The van der Waals surface area contributed by atoms with E-state index in [1.807, 2.05) is 30.0 Å². The van der Waals surface area contributed by atoms with E-state index < -0.39 is 5.97 Å². The Hall–Kier alpha value is -1.73. The predicted octanol–water partition coefficient (Wildman–Crippen LogP) is 3.01. The van der Waals surface area contributed by atoms with E-state index >= 15 is 0 Å². The summed E-state index contributed by atoms with van der Waals surface area (Å²) in [5.74, 6) is 1.63. The number of hydrogen-bond acceptors (Lipinski definition) is 2. The standard InChI is InChI=1S/C14H14BrNO2/c1-3-9-16(4-2)13-10-12(15)7-5-11(13)6-8-14(17)18/h1,5-8,10H,4,9H2,2H3,(H,17,18)/b8-6+. The van der Waals surface area contributed by atoms with Gasteiger partial charge in [0.25, 0.3) is 0 Å². The quantitative estimate of drug-likeness (QED) is 0.671. The summed E-state index contributed by atoms with van der Waals surface area (Å²) in [4.78, 5) is 12.6. The zero-order chi connectivity index (χ0) is 13.5. The van der Waals surface area contributed by atoms with Gasteiger partial charge in [-0.2, -0.15) is 0 Å². The number of rotatable bonds is 5. The van der Waals surface area contributed by atoms with Crippen molar-refractivity contribution in [3.63, 3.8) is 0 Å². The summed E-state index contributed by atoms with van der Waals surface area (Å²) in [6.07, 6.45) is 8.03. The third-order valence-electron chi connectivity index (χ3n) is 2.40. The van der Waals surface area contributed by atoms with Crippen molar-refractivity contribution in [2.24, 2.45) is 0 Å². The fraction of sp³-hybridized carbons (Fsp3) is 0.214. The molecule has 0 atom stereocenters. The Morgan fingerprint density at radius 3 is 2.89 bits per heavy atom. The van der Waals surface area contributed by atoms with Crippen LogP contribution >= 0.6 is 15.9 Å². The summed E-state index contributed by atoms with van der Waals surface area (Å²) < 4.78 is 0.931. The molecule has 1 rings (SSSR count). The second-order valence-corrected chi connectivity index (χ2v) is 4.51. The van der Waals surface area contributed by atoms with Gasteiger partial charge in [0, 0.05) is 22.8 Å². The van der Waals surface area contributed by atoms with E-state index in [1.165, 1.54) is 0 Å². The molecule has 1 aromatic carbocycles. The Bertz CT molecular complexity index is 503. The number of hydrogen-bond donors (Lipinski definition) is 1. The molecule has 0 saturated heterocycles. The topological polar surface area (TPSA) is 40.5 Å². The Balaban J connectivity index is 3.18. The van der Waals surface area contributed by atoms with Gasteiger partial charge < -0.3 is 10.0 Å². The number of carbonyl (C=O) groups is 1. The molecule has 0 spiro atoms. The molecule has 0 bridgehead atoms. The Morgan fingerprint density at radius 2 is 2.33 bits per heavy atom. The molecule has 1 aromatic rings. The van der Waals surface area contributed by atoms with Crippen molar-refractivity contribution in [3.05, 3.63) is 34.3 Å². The number of carboxylic acid groups (broad SMARTS) is 1. The van der Waals surface area contributed by atoms with Crippen LogP contribution in [0.4, 0.5) is 5.69 Å². The molecule has 0 heterocycles. The maximum absolute atomic E-state index is 10.6. The molecule has 0 aliphatic heterocycles. The second kappa shape index (κ2) is 6.87. The lowest BCUT2D eigenvalue weighted by Gasteiger charge is -2.22. The third-order valence-corrected chi connectivity index (χ3v) is 2.90. The molecule has 0 aromatic heterocycles. The number of benzene rings is 1. The fourth-order valence-electron chi connectivity index (χ4n) is 1.57. The van der Waals surface area contributed by atoms with Crippen LogP contribution in [-0.2, 0) is 4.79 Å². The highest BCUT2D eigenvalue weighted by molar-refractivity contribution is 9.10. The van der Waals surface area contributed by atoms with Crippen LogP contribution in [-0.4, -0.2) is 24.2 Å². The van der Waals surface area contributed by atoms with Gasteiger partial charge in [0.1, 0.15) is 0 Å². The van der Waals surface area contributed by atoms with Gasteiger partial charge in [0.15, 0.2) is 0 Å². The van der Waals surface area contributed by atoms with Gasteiger partial charge in [0.05, 0.1) is 6.54 Å². The summed E-state index contributed by atoms with van der Waals surface area (Å²) in [6.45, 7) is 3.25. The molecule has 0 amide bonds. The van der Waals surface area contributed by atoms with E-state index in [0.29, 0.717) is 6.54 Å². The van der Waals surface area contributed by atoms with E-state index in [2.05, 4.69) is 21.9 Å². The van der Waals surface area contributed by atoms with E-state index in [9.17, 15) is 4.79 Å². The van der Waals surface area contributed by atoms with E-state index in [4.69, 9.17) is 11.5 Å². The summed E-state index contributed by atoms with van der Waals surface area (Å²) in [6, 6.07) is 5.66. The Kier molecular flexibility index (Phi) is 5.47. The summed E-state index contributed by atoms with van der Waals surface area (Å²) in [5, 5.41) is 8.68. The first-order chi connectivity index (χ1) is 8.58. The van der Waals surface area contributed by atoms with Crippen LogP contribution in [0.5, 0.6) is 0 Å². The van der Waals surface area contributed by atoms with Gasteiger partial charge >= 0.3 is 5.97 Å². The molecule has 18 heavy (non-hydrogen) atoms. The normalized spacial score (nSPS) is 10.3. The lowest BCUT2D eigenvalue weighted by atomic mass is 10.1.